The van der Waals surface area contributed by atoms with Crippen molar-refractivity contribution in [3.8, 4) is 0 Å². The van der Waals surface area contributed by atoms with Crippen molar-refractivity contribution >= 4 is 24.2 Å². The van der Waals surface area contributed by atoms with E-state index in [0.717, 1.165) is 6.42 Å². The molecular weight excluding hydrogens is 350 g/mol. The van der Waals surface area contributed by atoms with Gasteiger partial charge in [0.1, 0.15) is 0 Å². The summed E-state index contributed by atoms with van der Waals surface area (Å²) in [6.07, 6.45) is 2.26. The lowest BCUT2D eigenvalue weighted by Gasteiger charge is -2.36. The lowest BCUT2D eigenvalue weighted by Crippen LogP contribution is -2.55. The highest BCUT2D eigenvalue weighted by Gasteiger charge is 2.32. The predicted molar refractivity (Wildman–Crippen MR) is 107 cm³/mol. The maximum Gasteiger partial charge on any atom is 0.253 e. The molecule has 1 fully saturated rings. The smallest absolute Gasteiger partial charge is 0.253 e. The Morgan fingerprint density at radius 2 is 1.81 bits per heavy atom. The van der Waals surface area contributed by atoms with E-state index in [4.69, 9.17) is 5.73 Å². The Labute approximate surface area is 163 Å². The van der Waals surface area contributed by atoms with Crippen molar-refractivity contribution in [2.24, 2.45) is 17.6 Å². The number of hydrogen-bond acceptors (Lipinski definition) is 3. The molecule has 146 valence electrons. The van der Waals surface area contributed by atoms with Gasteiger partial charge in [0.25, 0.3) is 5.91 Å². The maximum absolute atomic E-state index is 12.6. The van der Waals surface area contributed by atoms with Crippen LogP contribution in [0.5, 0.6) is 0 Å². The third kappa shape index (κ3) is 5.99. The molecule has 1 aromatic rings. The fourth-order valence-corrected chi connectivity index (χ4v) is 3.59. The number of nitrogens with one attached hydrogen (secondary N) is 1. The standard InChI is InChI=1S/C20H31N3O2.ClH/c1-15(2)13-20(3,14-21)22-18(24)16-9-11-23(12-10-16)19(25)17-7-5-4-6-8-17;/h4-8,15-16H,9-14,21H2,1-3H3,(H,22,24);1H. The van der Waals surface area contributed by atoms with Crippen LogP contribution in [0.15, 0.2) is 30.3 Å². The molecule has 1 aliphatic rings. The molecule has 5 nitrogen and oxygen atoms in total. The van der Waals surface area contributed by atoms with Gasteiger partial charge in [-0.1, -0.05) is 32.0 Å². The molecule has 26 heavy (non-hydrogen) atoms. The van der Waals surface area contributed by atoms with Gasteiger partial charge in [0, 0.05) is 36.7 Å². The van der Waals surface area contributed by atoms with E-state index >= 15 is 0 Å². The van der Waals surface area contributed by atoms with E-state index in [0.29, 0.717) is 44.0 Å². The molecule has 0 spiro atoms. The lowest BCUT2D eigenvalue weighted by molar-refractivity contribution is -0.128. The average Bonchev–Trinajstić information content (AvgIpc) is 2.61. The number of carbonyl (C=O) groups excluding carboxylic acids is 2. The van der Waals surface area contributed by atoms with Crippen LogP contribution in [0.3, 0.4) is 0 Å². The van der Waals surface area contributed by atoms with Gasteiger partial charge >= 0.3 is 0 Å². The summed E-state index contributed by atoms with van der Waals surface area (Å²) < 4.78 is 0. The third-order valence-corrected chi connectivity index (χ3v) is 4.91. The molecule has 0 saturated carbocycles. The van der Waals surface area contributed by atoms with Crippen LogP contribution in [0.25, 0.3) is 0 Å². The molecule has 1 heterocycles. The highest BCUT2D eigenvalue weighted by Crippen LogP contribution is 2.22. The van der Waals surface area contributed by atoms with Gasteiger partial charge in [-0.25, -0.2) is 0 Å². The maximum atomic E-state index is 12.6. The summed E-state index contributed by atoms with van der Waals surface area (Å²) in [5.74, 6) is 0.545. The molecule has 2 amide bonds. The highest BCUT2D eigenvalue weighted by atomic mass is 35.5. The summed E-state index contributed by atoms with van der Waals surface area (Å²) in [7, 11) is 0. The van der Waals surface area contributed by atoms with Crippen LogP contribution >= 0.6 is 12.4 Å². The minimum atomic E-state index is -0.359. The van der Waals surface area contributed by atoms with E-state index in [-0.39, 0.29) is 35.7 Å². The monoisotopic (exact) mass is 381 g/mol. The predicted octanol–water partition coefficient (Wildman–Crippen LogP) is 2.84. The van der Waals surface area contributed by atoms with E-state index in [2.05, 4.69) is 19.2 Å². The van der Waals surface area contributed by atoms with Crippen molar-refractivity contribution in [3.05, 3.63) is 35.9 Å². The van der Waals surface area contributed by atoms with Gasteiger partial charge < -0.3 is 16.0 Å². The van der Waals surface area contributed by atoms with Gasteiger partial charge in [-0.15, -0.1) is 12.4 Å². The topological polar surface area (TPSA) is 75.4 Å². The first kappa shape index (κ1) is 22.5. The minimum absolute atomic E-state index is 0. The quantitative estimate of drug-likeness (QED) is 0.795. The Balaban J connectivity index is 0.00000338. The van der Waals surface area contributed by atoms with Gasteiger partial charge in [-0.05, 0) is 44.2 Å². The van der Waals surface area contributed by atoms with Crippen molar-refractivity contribution < 1.29 is 9.59 Å². The molecular formula is C20H32ClN3O2. The number of benzene rings is 1. The first-order chi connectivity index (χ1) is 11.8. The van der Waals surface area contributed by atoms with Crippen LogP contribution in [-0.2, 0) is 4.79 Å². The highest BCUT2D eigenvalue weighted by molar-refractivity contribution is 5.94. The van der Waals surface area contributed by atoms with Crippen molar-refractivity contribution in [2.45, 2.75) is 45.6 Å². The second-order valence-corrected chi connectivity index (χ2v) is 7.78. The molecule has 1 aromatic carbocycles. The van der Waals surface area contributed by atoms with Crippen LogP contribution in [0, 0.1) is 11.8 Å². The number of likely N-dealkylation sites (tertiary alicyclic amines) is 1. The van der Waals surface area contributed by atoms with Gasteiger partial charge in [0.05, 0.1) is 0 Å². The molecule has 0 bridgehead atoms. The Kier molecular flexibility index (Phi) is 8.57. The summed E-state index contributed by atoms with van der Waals surface area (Å²) in [5.41, 5.74) is 6.24. The number of amides is 2. The normalized spacial score (nSPS) is 17.3. The first-order valence-corrected chi connectivity index (χ1v) is 9.21. The molecule has 1 saturated heterocycles. The molecule has 1 atom stereocenters. The number of piperidine rings is 1. The molecule has 6 heteroatoms. The molecule has 0 aromatic heterocycles. The summed E-state index contributed by atoms with van der Waals surface area (Å²) in [5, 5.41) is 3.15. The van der Waals surface area contributed by atoms with E-state index in [9.17, 15) is 9.59 Å². The Hall–Kier alpha value is -1.59. The lowest BCUT2D eigenvalue weighted by atomic mass is 9.88. The summed E-state index contributed by atoms with van der Waals surface area (Å²) >= 11 is 0. The first-order valence-electron chi connectivity index (χ1n) is 9.21. The molecule has 1 unspecified atom stereocenters. The molecule has 1 aliphatic heterocycles. The van der Waals surface area contributed by atoms with E-state index in [1.165, 1.54) is 0 Å². The zero-order chi connectivity index (χ0) is 18.4. The van der Waals surface area contributed by atoms with Crippen LogP contribution in [0.2, 0.25) is 0 Å². The summed E-state index contributed by atoms with van der Waals surface area (Å²) in [4.78, 5) is 27.0. The van der Waals surface area contributed by atoms with Crippen molar-refractivity contribution in [1.82, 2.24) is 10.2 Å². The fourth-order valence-electron chi connectivity index (χ4n) is 3.59. The summed E-state index contributed by atoms with van der Waals surface area (Å²) in [6.45, 7) is 7.95. The number of rotatable bonds is 6. The van der Waals surface area contributed by atoms with Gasteiger partial charge in [-0.3, -0.25) is 9.59 Å². The number of nitrogens with zero attached hydrogens (tertiary/aromatic N) is 1. The number of nitrogens with two attached hydrogens (primary N) is 1. The third-order valence-electron chi connectivity index (χ3n) is 4.91. The fraction of sp³-hybridized carbons (Fsp3) is 0.600. The van der Waals surface area contributed by atoms with Gasteiger partial charge in [-0.2, -0.15) is 0 Å². The number of hydrogen-bond donors (Lipinski definition) is 2. The molecule has 0 aliphatic carbocycles. The zero-order valence-corrected chi connectivity index (χ0v) is 16.8. The van der Waals surface area contributed by atoms with Gasteiger partial charge in [0.2, 0.25) is 5.91 Å². The van der Waals surface area contributed by atoms with Crippen LogP contribution in [0.4, 0.5) is 0 Å². The van der Waals surface area contributed by atoms with Crippen molar-refractivity contribution in [1.29, 1.82) is 0 Å². The van der Waals surface area contributed by atoms with Crippen LogP contribution in [0.1, 0.15) is 50.4 Å². The second kappa shape index (κ2) is 9.93. The Bertz CT molecular complexity index is 586. The number of carbonyl (C=O) groups is 2. The molecule has 3 N–H and O–H groups in total. The van der Waals surface area contributed by atoms with Crippen molar-refractivity contribution in [2.75, 3.05) is 19.6 Å². The SMILES string of the molecule is CC(C)CC(C)(CN)NC(=O)C1CCN(C(=O)c2ccccc2)CC1.Cl. The van der Waals surface area contributed by atoms with Crippen LogP contribution < -0.4 is 11.1 Å². The van der Waals surface area contributed by atoms with Crippen molar-refractivity contribution in [3.63, 3.8) is 0 Å². The van der Waals surface area contributed by atoms with Crippen LogP contribution in [-0.4, -0.2) is 41.9 Å². The molecule has 2 rings (SSSR count). The largest absolute Gasteiger partial charge is 0.349 e. The Morgan fingerprint density at radius 3 is 2.31 bits per heavy atom. The van der Waals surface area contributed by atoms with E-state index in [1.54, 1.807) is 0 Å². The van der Waals surface area contributed by atoms with Gasteiger partial charge in [0.15, 0.2) is 0 Å². The summed E-state index contributed by atoms with van der Waals surface area (Å²) in [6, 6.07) is 9.31. The number of halogens is 1. The molecule has 0 radical (unpaired) electrons. The van der Waals surface area contributed by atoms with E-state index < -0.39 is 0 Å². The average molecular weight is 382 g/mol. The minimum Gasteiger partial charge on any atom is -0.349 e. The second-order valence-electron chi connectivity index (χ2n) is 7.78. The Morgan fingerprint density at radius 1 is 1.23 bits per heavy atom. The zero-order valence-electron chi connectivity index (χ0n) is 16.0. The van der Waals surface area contributed by atoms with E-state index in [1.807, 2.05) is 42.2 Å².